The van der Waals surface area contributed by atoms with Crippen molar-refractivity contribution in [1.29, 1.82) is 0 Å². The Hall–Kier alpha value is -1.66. The van der Waals surface area contributed by atoms with Crippen LogP contribution < -0.4 is 10.5 Å². The van der Waals surface area contributed by atoms with Crippen LogP contribution in [0.4, 0.5) is 5.69 Å². The first kappa shape index (κ1) is 17.7. The maximum absolute atomic E-state index is 6.18. The zero-order valence-corrected chi connectivity index (χ0v) is 16.5. The molecule has 138 valence electrons. The van der Waals surface area contributed by atoms with Crippen LogP contribution in [0, 0.1) is 5.92 Å². The molecule has 0 saturated carbocycles. The molecular formula is C20H28BN3O2. The minimum Gasteiger partial charge on any atom is -0.398 e. The van der Waals surface area contributed by atoms with Crippen LogP contribution >= 0.6 is 0 Å². The van der Waals surface area contributed by atoms with Crippen LogP contribution in [-0.2, 0) is 9.31 Å². The lowest BCUT2D eigenvalue weighted by Gasteiger charge is -2.33. The lowest BCUT2D eigenvalue weighted by Crippen LogP contribution is -2.41. The van der Waals surface area contributed by atoms with Crippen molar-refractivity contribution in [2.75, 3.05) is 18.0 Å². The summed E-state index contributed by atoms with van der Waals surface area (Å²) in [6.07, 6.45) is 6.26. The van der Waals surface area contributed by atoms with Gasteiger partial charge in [0.25, 0.3) is 0 Å². The zero-order chi connectivity index (χ0) is 18.5. The van der Waals surface area contributed by atoms with E-state index in [9.17, 15) is 0 Å². The summed E-state index contributed by atoms with van der Waals surface area (Å²) in [5.41, 5.74) is 2.24. The largest absolute Gasteiger partial charge is 0.514 e. The Balaban J connectivity index is 1.72. The molecule has 4 rings (SSSR count). The highest BCUT2D eigenvalue weighted by Crippen LogP contribution is 2.36. The van der Waals surface area contributed by atoms with Gasteiger partial charge in [-0.1, -0.05) is 6.92 Å². The topological polar surface area (TPSA) is 47.5 Å². The lowest BCUT2D eigenvalue weighted by molar-refractivity contribution is 0.00578. The third-order valence-electron chi connectivity index (χ3n) is 6.12. The predicted molar refractivity (Wildman–Crippen MR) is 106 cm³/mol. The second-order valence-electron chi connectivity index (χ2n) is 8.74. The van der Waals surface area contributed by atoms with Crippen LogP contribution in [-0.4, -0.2) is 41.4 Å². The van der Waals surface area contributed by atoms with E-state index < -0.39 is 7.12 Å². The molecule has 0 bridgehead atoms. The van der Waals surface area contributed by atoms with Crippen molar-refractivity contribution in [2.45, 2.75) is 58.7 Å². The van der Waals surface area contributed by atoms with Gasteiger partial charge < -0.3 is 14.2 Å². The smallest absolute Gasteiger partial charge is 0.398 e. The van der Waals surface area contributed by atoms with Crippen molar-refractivity contribution in [1.82, 2.24) is 9.97 Å². The van der Waals surface area contributed by atoms with E-state index in [2.05, 4.69) is 61.6 Å². The summed E-state index contributed by atoms with van der Waals surface area (Å²) in [5.74, 6) is 0.719. The van der Waals surface area contributed by atoms with E-state index in [-0.39, 0.29) is 11.2 Å². The van der Waals surface area contributed by atoms with Gasteiger partial charge in [0.2, 0.25) is 0 Å². The number of piperidine rings is 1. The van der Waals surface area contributed by atoms with E-state index in [0.29, 0.717) is 0 Å². The van der Waals surface area contributed by atoms with E-state index in [0.717, 1.165) is 35.5 Å². The minimum absolute atomic E-state index is 0.367. The Morgan fingerprint density at radius 3 is 2.58 bits per heavy atom. The van der Waals surface area contributed by atoms with E-state index in [1.807, 2.05) is 12.4 Å². The number of hydrogen-bond donors (Lipinski definition) is 0. The summed E-state index contributed by atoms with van der Waals surface area (Å²) >= 11 is 0. The van der Waals surface area contributed by atoms with Gasteiger partial charge in [0, 0.05) is 30.4 Å². The molecule has 2 saturated heterocycles. The van der Waals surface area contributed by atoms with Gasteiger partial charge in [-0.2, -0.15) is 0 Å². The molecule has 4 heterocycles. The summed E-state index contributed by atoms with van der Waals surface area (Å²) in [4.78, 5) is 11.6. The van der Waals surface area contributed by atoms with E-state index in [1.54, 1.807) is 0 Å². The van der Waals surface area contributed by atoms with Crippen molar-refractivity contribution >= 4 is 29.3 Å². The Labute approximate surface area is 156 Å². The molecule has 2 fully saturated rings. The average Bonchev–Trinajstić information content (AvgIpc) is 2.81. The standard InChI is InChI=1S/C20H28BN3O2/c1-14-7-6-10-24(13-14)17-8-9-22-16-12-23-18(11-15(16)17)21-25-19(2,3)20(4,5)26-21/h8-9,11-12,14H,6-7,10,13H2,1-5H3/t14-/m0/s1. The molecule has 2 aliphatic heterocycles. The number of fused-ring (bicyclic) bond motifs is 1. The number of aromatic nitrogens is 2. The van der Waals surface area contributed by atoms with Crippen molar-refractivity contribution in [2.24, 2.45) is 5.92 Å². The molecule has 5 nitrogen and oxygen atoms in total. The molecule has 2 aliphatic rings. The highest BCUT2D eigenvalue weighted by Gasteiger charge is 2.52. The van der Waals surface area contributed by atoms with Gasteiger partial charge >= 0.3 is 7.12 Å². The van der Waals surface area contributed by atoms with Crippen molar-refractivity contribution in [3.63, 3.8) is 0 Å². The van der Waals surface area contributed by atoms with Gasteiger partial charge in [0.1, 0.15) is 0 Å². The molecule has 6 heteroatoms. The quantitative estimate of drug-likeness (QED) is 0.776. The summed E-state index contributed by atoms with van der Waals surface area (Å²) in [7, 11) is -0.447. The summed E-state index contributed by atoms with van der Waals surface area (Å²) in [5, 5.41) is 1.13. The average molecular weight is 353 g/mol. The van der Waals surface area contributed by atoms with Crippen LogP contribution in [0.15, 0.2) is 24.5 Å². The van der Waals surface area contributed by atoms with Gasteiger partial charge in [-0.05, 0) is 58.6 Å². The first-order valence-corrected chi connectivity index (χ1v) is 9.62. The van der Waals surface area contributed by atoms with Gasteiger partial charge in [0.15, 0.2) is 0 Å². The number of pyridine rings is 2. The zero-order valence-electron chi connectivity index (χ0n) is 16.5. The molecule has 0 N–H and O–H groups in total. The Bertz CT molecular complexity index is 808. The fourth-order valence-electron chi connectivity index (χ4n) is 3.83. The SMILES string of the molecule is C[C@H]1CCCN(c2ccnc3cnc(B4OC(C)(C)C(C)(C)O4)cc23)C1. The van der Waals surface area contributed by atoms with Crippen LogP contribution in [0.1, 0.15) is 47.5 Å². The van der Waals surface area contributed by atoms with E-state index in [1.165, 1.54) is 18.5 Å². The molecule has 0 unspecified atom stereocenters. The van der Waals surface area contributed by atoms with Crippen LogP contribution in [0.2, 0.25) is 0 Å². The second-order valence-corrected chi connectivity index (χ2v) is 8.74. The van der Waals surface area contributed by atoms with Crippen LogP contribution in [0.25, 0.3) is 10.9 Å². The van der Waals surface area contributed by atoms with Crippen LogP contribution in [0.5, 0.6) is 0 Å². The van der Waals surface area contributed by atoms with E-state index in [4.69, 9.17) is 9.31 Å². The monoisotopic (exact) mass is 353 g/mol. The molecule has 1 atom stereocenters. The maximum Gasteiger partial charge on any atom is 0.514 e. The second kappa shape index (κ2) is 6.20. The minimum atomic E-state index is -0.447. The maximum atomic E-state index is 6.18. The molecule has 26 heavy (non-hydrogen) atoms. The molecule has 2 aromatic rings. The number of hydrogen-bond acceptors (Lipinski definition) is 5. The molecule has 2 aromatic heterocycles. The third-order valence-corrected chi connectivity index (χ3v) is 6.12. The Morgan fingerprint density at radius 1 is 1.15 bits per heavy atom. The highest BCUT2D eigenvalue weighted by molar-refractivity contribution is 6.61. The molecule has 0 aromatic carbocycles. The summed E-state index contributed by atoms with van der Waals surface area (Å²) in [6, 6.07) is 4.22. The highest BCUT2D eigenvalue weighted by atomic mass is 16.7. The predicted octanol–water partition coefficient (Wildman–Crippen LogP) is 3.17. The first-order valence-electron chi connectivity index (χ1n) is 9.62. The van der Waals surface area contributed by atoms with Crippen molar-refractivity contribution in [3.8, 4) is 0 Å². The number of anilines is 1. The molecule has 0 aliphatic carbocycles. The molecular weight excluding hydrogens is 325 g/mol. The van der Waals surface area contributed by atoms with E-state index >= 15 is 0 Å². The van der Waals surface area contributed by atoms with Crippen LogP contribution in [0.3, 0.4) is 0 Å². The Morgan fingerprint density at radius 2 is 1.88 bits per heavy atom. The fraction of sp³-hybridized carbons (Fsp3) is 0.600. The number of rotatable bonds is 2. The third kappa shape index (κ3) is 2.99. The van der Waals surface area contributed by atoms with Crippen molar-refractivity contribution < 1.29 is 9.31 Å². The van der Waals surface area contributed by atoms with Gasteiger partial charge in [0.05, 0.1) is 28.5 Å². The Kier molecular flexibility index (Phi) is 4.23. The van der Waals surface area contributed by atoms with Gasteiger partial charge in [-0.3, -0.25) is 9.97 Å². The van der Waals surface area contributed by atoms with Gasteiger partial charge in [-0.15, -0.1) is 0 Å². The number of nitrogens with zero attached hydrogens (tertiary/aromatic N) is 3. The molecule has 0 radical (unpaired) electrons. The van der Waals surface area contributed by atoms with Crippen molar-refractivity contribution in [3.05, 3.63) is 24.5 Å². The first-order chi connectivity index (χ1) is 12.3. The molecule has 0 spiro atoms. The fourth-order valence-corrected chi connectivity index (χ4v) is 3.83. The lowest BCUT2D eigenvalue weighted by atomic mass is 9.83. The summed E-state index contributed by atoms with van der Waals surface area (Å²) in [6.45, 7) is 12.8. The van der Waals surface area contributed by atoms with Gasteiger partial charge in [-0.25, -0.2) is 0 Å². The normalized spacial score (nSPS) is 25.0. The molecule has 0 amide bonds. The summed E-state index contributed by atoms with van der Waals surface area (Å²) < 4.78 is 12.4.